The summed E-state index contributed by atoms with van der Waals surface area (Å²) in [7, 11) is 0. The van der Waals surface area contributed by atoms with Gasteiger partial charge in [-0.05, 0) is 79.8 Å². The Kier molecular flexibility index (Phi) is 6.15. The quantitative estimate of drug-likeness (QED) is 0.183. The molecule has 0 aliphatic carbocycles. The van der Waals surface area contributed by atoms with Gasteiger partial charge in [0, 0.05) is 27.5 Å². The van der Waals surface area contributed by atoms with Crippen LogP contribution in [0.2, 0.25) is 0 Å². The second-order valence-corrected chi connectivity index (χ2v) is 12.4. The summed E-state index contributed by atoms with van der Waals surface area (Å²) in [6.07, 6.45) is 0. The first kappa shape index (κ1) is 27.5. The van der Waals surface area contributed by atoms with Gasteiger partial charge in [-0.1, -0.05) is 127 Å². The zero-order valence-electron chi connectivity index (χ0n) is 26.3. The molecule has 228 valence electrons. The first-order valence-electron chi connectivity index (χ1n) is 16.4. The van der Waals surface area contributed by atoms with E-state index in [-0.39, 0.29) is 0 Å². The lowest BCUT2D eigenvalue weighted by molar-refractivity contribution is 0.669. The van der Waals surface area contributed by atoms with Crippen LogP contribution in [-0.4, -0.2) is 15.0 Å². The van der Waals surface area contributed by atoms with E-state index in [1.54, 1.807) is 0 Å². The maximum atomic E-state index is 6.44. The third-order valence-electron chi connectivity index (χ3n) is 9.49. The first-order chi connectivity index (χ1) is 24.2. The molecule has 8 aromatic carbocycles. The molecule has 0 saturated carbocycles. The molecule has 0 fully saturated rings. The SMILES string of the molecule is c1ccc(-c2nc(-c3ccc4c(c3)oc3ccc(-c5ccc6ccccc6c5)cc34)nc(-c3cc4ccccc4c4ccccc34)n2)cc1. The maximum absolute atomic E-state index is 6.44. The smallest absolute Gasteiger partial charge is 0.164 e. The number of hydrogen-bond donors (Lipinski definition) is 0. The molecule has 0 aliphatic rings. The van der Waals surface area contributed by atoms with E-state index in [1.807, 2.05) is 30.3 Å². The summed E-state index contributed by atoms with van der Waals surface area (Å²) in [5.74, 6) is 1.86. The molecule has 0 amide bonds. The van der Waals surface area contributed by atoms with Gasteiger partial charge in [-0.15, -0.1) is 0 Å². The predicted octanol–water partition coefficient (Wildman–Crippen LogP) is 11.9. The average molecular weight is 626 g/mol. The number of hydrogen-bond acceptors (Lipinski definition) is 4. The van der Waals surface area contributed by atoms with E-state index < -0.39 is 0 Å². The standard InChI is InChI=1S/C45H27N3O/c1-2-11-29(12-3-1)43-46-44(48-45(47-43)40-26-33-14-6-7-15-35(33)36-16-8-9-17-37(36)40)34-20-22-38-39-25-32(21-23-41(39)49-42(38)27-34)31-19-18-28-10-4-5-13-30(28)24-31/h1-27H. The fraction of sp³-hybridized carbons (Fsp3) is 0. The fourth-order valence-electron chi connectivity index (χ4n) is 7.05. The third-order valence-corrected chi connectivity index (χ3v) is 9.49. The van der Waals surface area contributed by atoms with Crippen LogP contribution in [0.1, 0.15) is 0 Å². The minimum Gasteiger partial charge on any atom is -0.456 e. The summed E-state index contributed by atoms with van der Waals surface area (Å²) < 4.78 is 6.44. The Labute approximate surface area is 282 Å². The van der Waals surface area contributed by atoms with Crippen LogP contribution in [0.5, 0.6) is 0 Å². The van der Waals surface area contributed by atoms with Gasteiger partial charge in [-0.3, -0.25) is 0 Å². The summed E-state index contributed by atoms with van der Waals surface area (Å²) >= 11 is 0. The molecule has 10 aromatic rings. The van der Waals surface area contributed by atoms with Crippen molar-refractivity contribution in [3.8, 4) is 45.3 Å². The van der Waals surface area contributed by atoms with Gasteiger partial charge in [0.25, 0.3) is 0 Å². The lowest BCUT2D eigenvalue weighted by atomic mass is 9.97. The van der Waals surface area contributed by atoms with Crippen molar-refractivity contribution >= 4 is 54.3 Å². The molecule has 4 heteroatoms. The van der Waals surface area contributed by atoms with Gasteiger partial charge in [0.2, 0.25) is 0 Å². The Hall–Kier alpha value is -6.65. The van der Waals surface area contributed by atoms with Gasteiger partial charge in [0.1, 0.15) is 11.2 Å². The van der Waals surface area contributed by atoms with Crippen LogP contribution in [0.25, 0.3) is 99.5 Å². The van der Waals surface area contributed by atoms with Crippen molar-refractivity contribution in [2.24, 2.45) is 0 Å². The van der Waals surface area contributed by atoms with Crippen molar-refractivity contribution in [1.29, 1.82) is 0 Å². The predicted molar refractivity (Wildman–Crippen MR) is 201 cm³/mol. The summed E-state index contributed by atoms with van der Waals surface area (Å²) in [6, 6.07) is 57.0. The highest BCUT2D eigenvalue weighted by atomic mass is 16.3. The number of nitrogens with zero attached hydrogens (tertiary/aromatic N) is 3. The van der Waals surface area contributed by atoms with E-state index in [0.717, 1.165) is 55.0 Å². The maximum Gasteiger partial charge on any atom is 0.164 e. The van der Waals surface area contributed by atoms with Crippen molar-refractivity contribution in [1.82, 2.24) is 15.0 Å². The molecule has 0 atom stereocenters. The number of aromatic nitrogens is 3. The van der Waals surface area contributed by atoms with Gasteiger partial charge in [-0.2, -0.15) is 0 Å². The molecule has 0 radical (unpaired) electrons. The Morgan fingerprint density at radius 1 is 0.306 bits per heavy atom. The summed E-state index contributed by atoms with van der Waals surface area (Å²) in [5, 5.41) is 9.22. The van der Waals surface area contributed by atoms with Gasteiger partial charge < -0.3 is 4.42 Å². The summed E-state index contributed by atoms with van der Waals surface area (Å²) in [4.78, 5) is 15.2. The van der Waals surface area contributed by atoms with Crippen LogP contribution < -0.4 is 0 Å². The highest BCUT2D eigenvalue weighted by Crippen LogP contribution is 2.37. The van der Waals surface area contributed by atoms with Gasteiger partial charge in [0.05, 0.1) is 0 Å². The molecular weight excluding hydrogens is 599 g/mol. The van der Waals surface area contributed by atoms with Crippen LogP contribution in [0, 0.1) is 0 Å². The Morgan fingerprint density at radius 2 is 0.939 bits per heavy atom. The van der Waals surface area contributed by atoms with E-state index in [4.69, 9.17) is 19.4 Å². The van der Waals surface area contributed by atoms with Crippen molar-refractivity contribution in [2.45, 2.75) is 0 Å². The Morgan fingerprint density at radius 3 is 1.80 bits per heavy atom. The van der Waals surface area contributed by atoms with Crippen LogP contribution >= 0.6 is 0 Å². The number of fused-ring (bicyclic) bond motifs is 7. The molecule has 2 heterocycles. The van der Waals surface area contributed by atoms with Gasteiger partial charge in [-0.25, -0.2) is 15.0 Å². The Balaban J connectivity index is 1.13. The summed E-state index contributed by atoms with van der Waals surface area (Å²) in [6.45, 7) is 0. The van der Waals surface area contributed by atoms with Crippen molar-refractivity contribution < 1.29 is 4.42 Å². The lowest BCUT2D eigenvalue weighted by Gasteiger charge is -2.12. The first-order valence-corrected chi connectivity index (χ1v) is 16.4. The lowest BCUT2D eigenvalue weighted by Crippen LogP contribution is -2.00. The number of benzene rings is 8. The molecule has 4 nitrogen and oxygen atoms in total. The minimum atomic E-state index is 0.598. The van der Waals surface area contributed by atoms with Crippen LogP contribution in [-0.2, 0) is 0 Å². The van der Waals surface area contributed by atoms with E-state index in [0.29, 0.717) is 17.5 Å². The minimum absolute atomic E-state index is 0.598. The normalized spacial score (nSPS) is 11.7. The van der Waals surface area contributed by atoms with Crippen molar-refractivity contribution in [3.63, 3.8) is 0 Å². The van der Waals surface area contributed by atoms with Crippen LogP contribution in [0.3, 0.4) is 0 Å². The van der Waals surface area contributed by atoms with Crippen molar-refractivity contribution in [2.75, 3.05) is 0 Å². The molecule has 0 saturated heterocycles. The fourth-order valence-corrected chi connectivity index (χ4v) is 7.05. The molecule has 0 aliphatic heterocycles. The van der Waals surface area contributed by atoms with E-state index in [2.05, 4.69) is 133 Å². The second-order valence-electron chi connectivity index (χ2n) is 12.4. The van der Waals surface area contributed by atoms with Crippen LogP contribution in [0.15, 0.2) is 168 Å². The van der Waals surface area contributed by atoms with Crippen molar-refractivity contribution in [3.05, 3.63) is 164 Å². The highest BCUT2D eigenvalue weighted by molar-refractivity contribution is 6.13. The van der Waals surface area contributed by atoms with Crippen LogP contribution in [0.4, 0.5) is 0 Å². The molecule has 0 N–H and O–H groups in total. The molecule has 10 rings (SSSR count). The molecular formula is C45H27N3O. The Bertz CT molecular complexity index is 2890. The highest BCUT2D eigenvalue weighted by Gasteiger charge is 2.17. The molecule has 49 heavy (non-hydrogen) atoms. The molecule has 0 unspecified atom stereocenters. The second kappa shape index (κ2) is 11.0. The largest absolute Gasteiger partial charge is 0.456 e. The van der Waals surface area contributed by atoms with E-state index in [9.17, 15) is 0 Å². The molecule has 0 bridgehead atoms. The molecule has 0 spiro atoms. The van der Waals surface area contributed by atoms with Gasteiger partial charge >= 0.3 is 0 Å². The van der Waals surface area contributed by atoms with E-state index in [1.165, 1.54) is 27.1 Å². The van der Waals surface area contributed by atoms with Gasteiger partial charge in [0.15, 0.2) is 17.5 Å². The number of furan rings is 1. The third kappa shape index (κ3) is 4.65. The molecule has 2 aromatic heterocycles. The number of rotatable bonds is 4. The average Bonchev–Trinajstić information content (AvgIpc) is 3.55. The zero-order valence-corrected chi connectivity index (χ0v) is 26.3. The monoisotopic (exact) mass is 625 g/mol. The summed E-state index contributed by atoms with van der Waals surface area (Å²) in [5.41, 5.74) is 6.75. The topological polar surface area (TPSA) is 51.8 Å². The van der Waals surface area contributed by atoms with E-state index >= 15 is 0 Å². The zero-order chi connectivity index (χ0) is 32.3.